The number of imidazole rings is 1. The fraction of sp³-hybridized carbons (Fsp3) is 0.250. The number of hydrogen-bond acceptors (Lipinski definition) is 4. The summed E-state index contributed by atoms with van der Waals surface area (Å²) < 4.78 is 7.32. The van der Waals surface area contributed by atoms with Crippen molar-refractivity contribution in [2.75, 3.05) is 19.7 Å². The summed E-state index contributed by atoms with van der Waals surface area (Å²) in [5, 5.41) is 2.90. The summed E-state index contributed by atoms with van der Waals surface area (Å²) in [7, 11) is 0. The number of rotatable bonds is 4. The fourth-order valence-corrected chi connectivity index (χ4v) is 3.28. The van der Waals surface area contributed by atoms with E-state index in [1.807, 2.05) is 55.6 Å². The Balaban J connectivity index is 1.42. The van der Waals surface area contributed by atoms with Crippen LogP contribution in [-0.2, 0) is 11.3 Å². The number of ether oxygens (including phenoxy) is 1. The number of aromatic nitrogens is 2. The van der Waals surface area contributed by atoms with Crippen LogP contribution < -0.4 is 10.1 Å². The van der Waals surface area contributed by atoms with Crippen LogP contribution in [0.4, 0.5) is 0 Å². The maximum absolute atomic E-state index is 12.6. The second kappa shape index (κ2) is 7.11. The summed E-state index contributed by atoms with van der Waals surface area (Å²) in [5.41, 5.74) is 2.89. The highest BCUT2D eigenvalue weighted by molar-refractivity contribution is 5.94. The topological polar surface area (TPSA) is 75.9 Å². The Morgan fingerprint density at radius 2 is 2.04 bits per heavy atom. The number of hydrogen-bond donors (Lipinski definition) is 1. The number of nitrogens with one attached hydrogen (secondary N) is 1. The van der Waals surface area contributed by atoms with Gasteiger partial charge in [-0.1, -0.05) is 24.3 Å². The Bertz CT molecular complexity index is 1010. The molecule has 0 bridgehead atoms. The van der Waals surface area contributed by atoms with Crippen molar-refractivity contribution in [2.24, 2.45) is 0 Å². The van der Waals surface area contributed by atoms with Crippen LogP contribution in [0.25, 0.3) is 5.65 Å². The number of carbonyl (C=O) groups excluding carboxylic acids is 2. The van der Waals surface area contributed by atoms with E-state index in [1.165, 1.54) is 0 Å². The first-order valence-electron chi connectivity index (χ1n) is 8.84. The molecule has 4 rings (SSSR count). The standard InChI is InChI=1S/C20H20N4O3/c1-14-19(24-10-5-4-8-17(24)22-14)20(26)21-9-11-23-12-15-6-2-3-7-16(15)27-13-18(23)25/h2-8,10H,9,11-13H2,1H3,(H,21,26). The lowest BCUT2D eigenvalue weighted by atomic mass is 10.2. The van der Waals surface area contributed by atoms with Gasteiger partial charge in [-0.05, 0) is 25.1 Å². The Labute approximate surface area is 156 Å². The summed E-state index contributed by atoms with van der Waals surface area (Å²) in [5.74, 6) is 0.440. The van der Waals surface area contributed by atoms with E-state index in [0.717, 1.165) is 17.0 Å². The number of para-hydroxylation sites is 1. The minimum absolute atomic E-state index is 0.0112. The molecule has 1 N–H and O–H groups in total. The summed E-state index contributed by atoms with van der Waals surface area (Å²) in [4.78, 5) is 31.0. The molecule has 0 atom stereocenters. The predicted octanol–water partition coefficient (Wildman–Crippen LogP) is 1.79. The average Bonchev–Trinajstić information content (AvgIpc) is 2.92. The normalized spacial score (nSPS) is 13.8. The molecule has 1 aromatic carbocycles. The van der Waals surface area contributed by atoms with Gasteiger partial charge in [-0.15, -0.1) is 0 Å². The number of nitrogens with zero attached hydrogens (tertiary/aromatic N) is 3. The van der Waals surface area contributed by atoms with Crippen molar-refractivity contribution in [3.8, 4) is 5.75 Å². The van der Waals surface area contributed by atoms with Gasteiger partial charge in [0.25, 0.3) is 11.8 Å². The lowest BCUT2D eigenvalue weighted by Crippen LogP contribution is -2.39. The van der Waals surface area contributed by atoms with Gasteiger partial charge in [0.05, 0.1) is 5.69 Å². The van der Waals surface area contributed by atoms with Crippen molar-refractivity contribution in [2.45, 2.75) is 13.5 Å². The zero-order valence-corrected chi connectivity index (χ0v) is 15.0. The second-order valence-corrected chi connectivity index (χ2v) is 6.44. The monoisotopic (exact) mass is 364 g/mol. The molecule has 7 heteroatoms. The number of fused-ring (bicyclic) bond motifs is 2. The number of aryl methyl sites for hydroxylation is 1. The molecule has 2 aromatic heterocycles. The van der Waals surface area contributed by atoms with Gasteiger partial charge in [0.1, 0.15) is 17.1 Å². The van der Waals surface area contributed by atoms with E-state index in [-0.39, 0.29) is 18.4 Å². The number of amides is 2. The van der Waals surface area contributed by atoms with Crippen molar-refractivity contribution < 1.29 is 14.3 Å². The van der Waals surface area contributed by atoms with Gasteiger partial charge < -0.3 is 15.0 Å². The second-order valence-electron chi connectivity index (χ2n) is 6.44. The maximum Gasteiger partial charge on any atom is 0.270 e. The molecule has 3 aromatic rings. The van der Waals surface area contributed by atoms with E-state index < -0.39 is 0 Å². The zero-order valence-electron chi connectivity index (χ0n) is 15.0. The van der Waals surface area contributed by atoms with Crippen LogP contribution in [0.3, 0.4) is 0 Å². The molecule has 2 amide bonds. The summed E-state index contributed by atoms with van der Waals surface area (Å²) >= 11 is 0. The minimum atomic E-state index is -0.204. The zero-order chi connectivity index (χ0) is 18.8. The molecule has 0 aliphatic carbocycles. The third-order valence-electron chi connectivity index (χ3n) is 4.62. The molecule has 3 heterocycles. The lowest BCUT2D eigenvalue weighted by molar-refractivity contribution is -0.133. The molecule has 0 fully saturated rings. The fourth-order valence-electron chi connectivity index (χ4n) is 3.28. The summed E-state index contributed by atoms with van der Waals surface area (Å²) in [6, 6.07) is 13.2. The van der Waals surface area contributed by atoms with Crippen LogP contribution in [0.2, 0.25) is 0 Å². The third kappa shape index (κ3) is 3.36. The largest absolute Gasteiger partial charge is 0.483 e. The van der Waals surface area contributed by atoms with Gasteiger partial charge in [-0.2, -0.15) is 0 Å². The van der Waals surface area contributed by atoms with Crippen LogP contribution in [0.5, 0.6) is 5.75 Å². The third-order valence-corrected chi connectivity index (χ3v) is 4.62. The number of pyridine rings is 1. The molecule has 138 valence electrons. The highest BCUT2D eigenvalue weighted by Crippen LogP contribution is 2.22. The van der Waals surface area contributed by atoms with Crippen LogP contribution in [-0.4, -0.2) is 45.8 Å². The molecule has 0 spiro atoms. The highest BCUT2D eigenvalue weighted by Gasteiger charge is 2.22. The maximum atomic E-state index is 12.6. The van der Waals surface area contributed by atoms with Crippen molar-refractivity contribution in [1.82, 2.24) is 19.6 Å². The molecule has 0 saturated carbocycles. The van der Waals surface area contributed by atoms with Gasteiger partial charge >= 0.3 is 0 Å². The van der Waals surface area contributed by atoms with E-state index in [4.69, 9.17) is 4.74 Å². The number of carbonyl (C=O) groups is 2. The first kappa shape index (κ1) is 17.1. The van der Waals surface area contributed by atoms with Crippen molar-refractivity contribution in [3.05, 3.63) is 65.6 Å². The van der Waals surface area contributed by atoms with E-state index in [0.29, 0.717) is 31.0 Å². The Morgan fingerprint density at radius 3 is 2.93 bits per heavy atom. The molecule has 0 radical (unpaired) electrons. The predicted molar refractivity (Wildman–Crippen MR) is 99.6 cm³/mol. The van der Waals surface area contributed by atoms with Crippen LogP contribution in [0.15, 0.2) is 48.7 Å². The Kier molecular flexibility index (Phi) is 4.50. The molecule has 27 heavy (non-hydrogen) atoms. The van der Waals surface area contributed by atoms with Crippen molar-refractivity contribution in [3.63, 3.8) is 0 Å². The highest BCUT2D eigenvalue weighted by atomic mass is 16.5. The van der Waals surface area contributed by atoms with Gasteiger partial charge in [0, 0.05) is 31.4 Å². The minimum Gasteiger partial charge on any atom is -0.483 e. The molecule has 1 aliphatic heterocycles. The smallest absolute Gasteiger partial charge is 0.270 e. The van der Waals surface area contributed by atoms with Crippen LogP contribution >= 0.6 is 0 Å². The lowest BCUT2D eigenvalue weighted by Gasteiger charge is -2.20. The first-order valence-corrected chi connectivity index (χ1v) is 8.84. The Hall–Kier alpha value is -3.35. The van der Waals surface area contributed by atoms with Gasteiger partial charge in [-0.3, -0.25) is 14.0 Å². The first-order chi connectivity index (χ1) is 13.1. The van der Waals surface area contributed by atoms with Crippen molar-refractivity contribution in [1.29, 1.82) is 0 Å². The van der Waals surface area contributed by atoms with Gasteiger partial charge in [0.15, 0.2) is 6.61 Å². The van der Waals surface area contributed by atoms with Crippen molar-refractivity contribution >= 4 is 17.5 Å². The summed E-state index contributed by atoms with van der Waals surface area (Å²) in [6.07, 6.45) is 1.82. The molecular formula is C20H20N4O3. The van der Waals surface area contributed by atoms with E-state index >= 15 is 0 Å². The SMILES string of the molecule is Cc1nc2ccccn2c1C(=O)NCCN1Cc2ccccc2OCC1=O. The molecule has 0 unspecified atom stereocenters. The Morgan fingerprint density at radius 1 is 1.22 bits per heavy atom. The van der Waals surface area contributed by atoms with Gasteiger partial charge in [0.2, 0.25) is 0 Å². The summed E-state index contributed by atoms with van der Waals surface area (Å²) in [6.45, 7) is 3.07. The van der Waals surface area contributed by atoms with E-state index in [2.05, 4.69) is 10.3 Å². The van der Waals surface area contributed by atoms with E-state index in [9.17, 15) is 9.59 Å². The van der Waals surface area contributed by atoms with E-state index in [1.54, 1.807) is 9.30 Å². The molecule has 1 aliphatic rings. The average molecular weight is 364 g/mol. The van der Waals surface area contributed by atoms with Crippen LogP contribution in [0.1, 0.15) is 21.7 Å². The molecule has 7 nitrogen and oxygen atoms in total. The number of benzene rings is 1. The molecular weight excluding hydrogens is 344 g/mol. The molecule has 0 saturated heterocycles. The quantitative estimate of drug-likeness (QED) is 0.766. The van der Waals surface area contributed by atoms with Crippen LogP contribution in [0, 0.1) is 6.92 Å². The van der Waals surface area contributed by atoms with Gasteiger partial charge in [-0.25, -0.2) is 4.98 Å².